The van der Waals surface area contributed by atoms with Crippen LogP contribution in [0.1, 0.15) is 29.2 Å². The number of aromatic nitrogens is 1. The van der Waals surface area contributed by atoms with Crippen LogP contribution in [0, 0.1) is 0 Å². The molecule has 0 bridgehead atoms. The molecule has 1 aliphatic rings. The molecule has 0 spiro atoms. The largest absolute Gasteiger partial charge is 0.484 e. The molecule has 1 aliphatic heterocycles. The third-order valence-corrected chi connectivity index (χ3v) is 3.56. The number of carbonyl (C=O) groups is 1. The van der Waals surface area contributed by atoms with Gasteiger partial charge in [0.2, 0.25) is 5.89 Å². The predicted molar refractivity (Wildman–Crippen MR) is 78.4 cm³/mol. The smallest absolute Gasteiger partial charge is 0.275 e. The Labute approximate surface area is 128 Å². The average molecular weight is 302 g/mol. The molecule has 6 nitrogen and oxygen atoms in total. The number of aliphatic hydroxyl groups excluding tert-OH is 1. The van der Waals surface area contributed by atoms with E-state index in [0.717, 1.165) is 12.8 Å². The van der Waals surface area contributed by atoms with Gasteiger partial charge >= 0.3 is 0 Å². The van der Waals surface area contributed by atoms with Gasteiger partial charge in [-0.25, -0.2) is 4.98 Å². The minimum atomic E-state index is -0.453. The number of carbonyl (C=O) groups excluding carboxylic acids is 1. The van der Waals surface area contributed by atoms with Crippen molar-refractivity contribution in [3.8, 4) is 5.75 Å². The summed E-state index contributed by atoms with van der Waals surface area (Å²) >= 11 is 0. The van der Waals surface area contributed by atoms with Crippen molar-refractivity contribution < 1.29 is 19.1 Å². The molecule has 1 N–H and O–H groups in total. The summed E-state index contributed by atoms with van der Waals surface area (Å²) in [5, 5.41) is 9.63. The molecule has 22 heavy (non-hydrogen) atoms. The minimum Gasteiger partial charge on any atom is -0.484 e. The van der Waals surface area contributed by atoms with E-state index in [4.69, 9.17) is 9.15 Å². The van der Waals surface area contributed by atoms with Crippen LogP contribution in [0.3, 0.4) is 0 Å². The number of para-hydroxylation sites is 1. The van der Waals surface area contributed by atoms with Crippen LogP contribution in [0.4, 0.5) is 0 Å². The summed E-state index contributed by atoms with van der Waals surface area (Å²) in [5.41, 5.74) is 0.251. The van der Waals surface area contributed by atoms with Gasteiger partial charge in [0, 0.05) is 13.1 Å². The summed E-state index contributed by atoms with van der Waals surface area (Å²) in [6, 6.07) is 9.33. The Bertz CT molecular complexity index is 626. The molecule has 1 aromatic carbocycles. The van der Waals surface area contributed by atoms with E-state index in [9.17, 15) is 9.90 Å². The fourth-order valence-corrected chi connectivity index (χ4v) is 2.44. The van der Waals surface area contributed by atoms with Gasteiger partial charge in [0.25, 0.3) is 5.91 Å². The number of hydrogen-bond donors (Lipinski definition) is 1. The van der Waals surface area contributed by atoms with Crippen molar-refractivity contribution in [2.24, 2.45) is 0 Å². The van der Waals surface area contributed by atoms with Crippen LogP contribution in [-0.2, 0) is 6.61 Å². The monoisotopic (exact) mass is 302 g/mol. The van der Waals surface area contributed by atoms with Crippen molar-refractivity contribution >= 4 is 5.91 Å². The number of β-amino-alcohol motifs (C(OH)–C–C–N with tert-alkyl or cyclic N) is 1. The van der Waals surface area contributed by atoms with Gasteiger partial charge in [0.1, 0.15) is 12.0 Å². The lowest BCUT2D eigenvalue weighted by atomic mass is 10.1. The number of likely N-dealkylation sites (tertiary alicyclic amines) is 1. The second-order valence-electron chi connectivity index (χ2n) is 5.28. The van der Waals surface area contributed by atoms with Crippen LogP contribution in [0.5, 0.6) is 5.75 Å². The molecule has 2 aromatic rings. The summed E-state index contributed by atoms with van der Waals surface area (Å²) in [7, 11) is 0. The zero-order valence-corrected chi connectivity index (χ0v) is 12.1. The first-order chi connectivity index (χ1) is 10.7. The van der Waals surface area contributed by atoms with Crippen molar-refractivity contribution in [2.45, 2.75) is 25.6 Å². The van der Waals surface area contributed by atoms with Crippen LogP contribution in [0.25, 0.3) is 0 Å². The Morgan fingerprint density at radius 1 is 1.41 bits per heavy atom. The molecule has 1 amide bonds. The quantitative estimate of drug-likeness (QED) is 0.933. The number of oxazole rings is 1. The molecule has 1 saturated heterocycles. The lowest BCUT2D eigenvalue weighted by Gasteiger charge is -2.29. The molecule has 1 fully saturated rings. The van der Waals surface area contributed by atoms with Crippen molar-refractivity contribution in [2.75, 3.05) is 13.1 Å². The first kappa shape index (κ1) is 14.6. The van der Waals surface area contributed by atoms with Gasteiger partial charge in [-0.1, -0.05) is 18.2 Å². The highest BCUT2D eigenvalue weighted by Gasteiger charge is 2.25. The summed E-state index contributed by atoms with van der Waals surface area (Å²) in [5.74, 6) is 0.853. The average Bonchev–Trinajstić information content (AvgIpc) is 3.02. The SMILES string of the molecule is O=C(c1coc(COc2ccccc2)n1)N1CCCC(O)C1. The van der Waals surface area contributed by atoms with E-state index in [0.29, 0.717) is 24.7 Å². The zero-order chi connectivity index (χ0) is 15.4. The normalized spacial score (nSPS) is 18.2. The van der Waals surface area contributed by atoms with E-state index in [1.807, 2.05) is 30.3 Å². The highest BCUT2D eigenvalue weighted by molar-refractivity contribution is 5.92. The molecule has 0 aliphatic carbocycles. The van der Waals surface area contributed by atoms with Crippen molar-refractivity contribution in [3.05, 3.63) is 48.2 Å². The number of aliphatic hydroxyl groups is 1. The predicted octanol–water partition coefficient (Wildman–Crippen LogP) is 1.85. The van der Waals surface area contributed by atoms with E-state index in [-0.39, 0.29) is 18.2 Å². The van der Waals surface area contributed by atoms with Gasteiger partial charge in [0.15, 0.2) is 12.3 Å². The van der Waals surface area contributed by atoms with Gasteiger partial charge in [-0.3, -0.25) is 4.79 Å². The van der Waals surface area contributed by atoms with Crippen molar-refractivity contribution in [1.29, 1.82) is 0 Å². The molecule has 116 valence electrons. The molecule has 1 aromatic heterocycles. The number of nitrogens with zero attached hydrogens (tertiary/aromatic N) is 2. The summed E-state index contributed by atoms with van der Waals surface area (Å²) < 4.78 is 10.8. The Kier molecular flexibility index (Phi) is 4.39. The van der Waals surface area contributed by atoms with Gasteiger partial charge in [-0.05, 0) is 25.0 Å². The molecule has 6 heteroatoms. The van der Waals surface area contributed by atoms with E-state index >= 15 is 0 Å². The number of ether oxygens (including phenoxy) is 1. The molecule has 2 heterocycles. The first-order valence-corrected chi connectivity index (χ1v) is 7.32. The fourth-order valence-electron chi connectivity index (χ4n) is 2.44. The third-order valence-electron chi connectivity index (χ3n) is 3.56. The molecule has 1 atom stereocenters. The molecular formula is C16H18N2O4. The number of hydrogen-bond acceptors (Lipinski definition) is 5. The van der Waals surface area contributed by atoms with Gasteiger partial charge in [-0.15, -0.1) is 0 Å². The standard InChI is InChI=1S/C16H18N2O4/c19-12-5-4-8-18(9-12)16(20)14-10-22-15(17-14)11-21-13-6-2-1-3-7-13/h1-3,6-7,10,12,19H,4-5,8-9,11H2. The molecular weight excluding hydrogens is 284 g/mol. The first-order valence-electron chi connectivity index (χ1n) is 7.32. The molecule has 0 saturated carbocycles. The van der Waals surface area contributed by atoms with Gasteiger partial charge in [-0.2, -0.15) is 0 Å². The highest BCUT2D eigenvalue weighted by Crippen LogP contribution is 2.15. The Balaban J connectivity index is 1.59. The molecule has 1 unspecified atom stereocenters. The lowest BCUT2D eigenvalue weighted by molar-refractivity contribution is 0.0469. The maximum atomic E-state index is 12.3. The Morgan fingerprint density at radius 2 is 2.23 bits per heavy atom. The number of benzene rings is 1. The van der Waals surface area contributed by atoms with E-state index in [1.165, 1.54) is 6.26 Å². The number of piperidine rings is 1. The number of rotatable bonds is 4. The topological polar surface area (TPSA) is 75.8 Å². The summed E-state index contributed by atoms with van der Waals surface area (Å²) in [6.45, 7) is 1.15. The van der Waals surface area contributed by atoms with Gasteiger partial charge in [0.05, 0.1) is 6.10 Å². The summed E-state index contributed by atoms with van der Waals surface area (Å²) in [6.07, 6.45) is 2.42. The minimum absolute atomic E-state index is 0.167. The Hall–Kier alpha value is -2.34. The maximum Gasteiger partial charge on any atom is 0.275 e. The number of amides is 1. The van der Waals surface area contributed by atoms with E-state index in [1.54, 1.807) is 4.90 Å². The second kappa shape index (κ2) is 6.62. The van der Waals surface area contributed by atoms with Crippen LogP contribution < -0.4 is 4.74 Å². The van der Waals surface area contributed by atoms with Crippen LogP contribution >= 0.6 is 0 Å². The third kappa shape index (κ3) is 3.46. The van der Waals surface area contributed by atoms with Crippen LogP contribution in [0.15, 0.2) is 41.0 Å². The lowest BCUT2D eigenvalue weighted by Crippen LogP contribution is -2.42. The maximum absolute atomic E-state index is 12.3. The second-order valence-corrected chi connectivity index (χ2v) is 5.28. The van der Waals surface area contributed by atoms with Crippen LogP contribution in [-0.4, -0.2) is 40.1 Å². The van der Waals surface area contributed by atoms with Crippen molar-refractivity contribution in [1.82, 2.24) is 9.88 Å². The summed E-state index contributed by atoms with van der Waals surface area (Å²) in [4.78, 5) is 18.1. The zero-order valence-electron chi connectivity index (χ0n) is 12.1. The highest BCUT2D eigenvalue weighted by atomic mass is 16.5. The Morgan fingerprint density at radius 3 is 3.00 bits per heavy atom. The van der Waals surface area contributed by atoms with Crippen molar-refractivity contribution in [3.63, 3.8) is 0 Å². The van der Waals surface area contributed by atoms with E-state index < -0.39 is 6.10 Å². The molecule has 0 radical (unpaired) electrons. The fraction of sp³-hybridized carbons (Fsp3) is 0.375. The van der Waals surface area contributed by atoms with Crippen LogP contribution in [0.2, 0.25) is 0 Å². The van der Waals surface area contributed by atoms with E-state index in [2.05, 4.69) is 4.98 Å². The van der Waals surface area contributed by atoms with Gasteiger partial charge < -0.3 is 19.2 Å². The molecule has 3 rings (SSSR count).